The van der Waals surface area contributed by atoms with Gasteiger partial charge in [-0.3, -0.25) is 0 Å². The van der Waals surface area contributed by atoms with Crippen molar-refractivity contribution in [3.63, 3.8) is 0 Å². The summed E-state index contributed by atoms with van der Waals surface area (Å²) in [6.07, 6.45) is -0.405. The Bertz CT molecular complexity index is 350. The average Bonchev–Trinajstić information content (AvgIpc) is 2.20. The molecule has 0 heterocycles. The number of benzene rings is 1. The molecule has 1 unspecified atom stereocenters. The Kier molecular flexibility index (Phi) is 5.35. The van der Waals surface area contributed by atoms with Crippen LogP contribution in [-0.4, -0.2) is 10.4 Å². The summed E-state index contributed by atoms with van der Waals surface area (Å²) in [7, 11) is 0. The first-order valence-corrected chi connectivity index (χ1v) is 7.23. The van der Waals surface area contributed by atoms with Crippen molar-refractivity contribution in [1.29, 1.82) is 0 Å². The van der Waals surface area contributed by atoms with Crippen LogP contribution in [0.4, 0.5) is 0 Å². The van der Waals surface area contributed by atoms with Gasteiger partial charge >= 0.3 is 0 Å². The molecule has 1 N–H and O–H groups in total. The van der Waals surface area contributed by atoms with Crippen molar-refractivity contribution >= 4 is 27.7 Å². The second kappa shape index (κ2) is 6.08. The molecule has 16 heavy (non-hydrogen) atoms. The van der Waals surface area contributed by atoms with E-state index in [4.69, 9.17) is 0 Å². The topological polar surface area (TPSA) is 20.2 Å². The van der Waals surface area contributed by atoms with E-state index >= 15 is 0 Å². The molecule has 1 rings (SSSR count). The smallest absolute Gasteiger partial charge is 0.0762 e. The number of aliphatic hydroxyl groups is 1. The fourth-order valence-corrected chi connectivity index (χ4v) is 2.88. The van der Waals surface area contributed by atoms with Crippen LogP contribution in [0, 0.1) is 5.92 Å². The highest BCUT2D eigenvalue weighted by Gasteiger charge is 2.12. The summed E-state index contributed by atoms with van der Waals surface area (Å²) in [6.45, 7) is 8.49. The quantitative estimate of drug-likeness (QED) is 0.818. The second-order valence-electron chi connectivity index (χ2n) is 4.43. The maximum Gasteiger partial charge on any atom is 0.0762 e. The zero-order valence-corrected chi connectivity index (χ0v) is 12.6. The van der Waals surface area contributed by atoms with Crippen molar-refractivity contribution in [2.75, 3.05) is 0 Å². The number of aliphatic hydroxyl groups excluding tert-OH is 1. The van der Waals surface area contributed by atoms with Gasteiger partial charge in [-0.15, -0.1) is 11.8 Å². The van der Waals surface area contributed by atoms with Gasteiger partial charge in [0.05, 0.1) is 6.10 Å². The lowest BCUT2D eigenvalue weighted by atomic mass is 10.1. The van der Waals surface area contributed by atoms with Crippen molar-refractivity contribution in [2.24, 2.45) is 5.92 Å². The first-order valence-electron chi connectivity index (χ1n) is 5.56. The Hall–Kier alpha value is 0.01000. The molecular formula is C13H19BrOS. The van der Waals surface area contributed by atoms with Gasteiger partial charge in [0.2, 0.25) is 0 Å². The third-order valence-electron chi connectivity index (χ3n) is 2.69. The van der Waals surface area contributed by atoms with Gasteiger partial charge in [-0.05, 0) is 46.5 Å². The van der Waals surface area contributed by atoms with Crippen LogP contribution in [0.2, 0.25) is 0 Å². The fourth-order valence-electron chi connectivity index (χ4n) is 1.21. The summed E-state index contributed by atoms with van der Waals surface area (Å²) in [5.74, 6) is 0.661. The van der Waals surface area contributed by atoms with E-state index in [-0.39, 0.29) is 0 Å². The molecule has 0 aliphatic carbocycles. The van der Waals surface area contributed by atoms with Crippen molar-refractivity contribution in [2.45, 2.75) is 43.9 Å². The molecule has 0 radical (unpaired) electrons. The van der Waals surface area contributed by atoms with E-state index in [0.717, 1.165) is 10.0 Å². The van der Waals surface area contributed by atoms with E-state index in [9.17, 15) is 5.11 Å². The Morgan fingerprint density at radius 2 is 1.81 bits per heavy atom. The van der Waals surface area contributed by atoms with E-state index in [1.54, 1.807) is 6.92 Å². The third kappa shape index (κ3) is 3.79. The molecule has 1 nitrogen and oxygen atoms in total. The van der Waals surface area contributed by atoms with Crippen molar-refractivity contribution in [3.8, 4) is 0 Å². The fraction of sp³-hybridized carbons (Fsp3) is 0.538. The lowest BCUT2D eigenvalue weighted by molar-refractivity contribution is 0.199. The zero-order chi connectivity index (χ0) is 12.3. The maximum atomic E-state index is 9.48. The number of rotatable bonds is 4. The summed E-state index contributed by atoms with van der Waals surface area (Å²) in [6, 6.07) is 6.07. The summed E-state index contributed by atoms with van der Waals surface area (Å²) in [5.41, 5.74) is 0.952. The van der Waals surface area contributed by atoms with Gasteiger partial charge < -0.3 is 5.11 Å². The van der Waals surface area contributed by atoms with Crippen molar-refractivity contribution < 1.29 is 5.11 Å². The molecule has 0 aliphatic rings. The lowest BCUT2D eigenvalue weighted by Gasteiger charge is -2.16. The molecule has 0 fully saturated rings. The SMILES string of the molecule is CC(C)C(C)Sc1ccc([C@@H](C)O)cc1Br. The molecule has 0 aromatic heterocycles. The molecule has 0 saturated carbocycles. The second-order valence-corrected chi connectivity index (χ2v) is 6.71. The van der Waals surface area contributed by atoms with Crippen molar-refractivity contribution in [3.05, 3.63) is 28.2 Å². The highest BCUT2D eigenvalue weighted by molar-refractivity contribution is 9.10. The van der Waals surface area contributed by atoms with Crippen LogP contribution in [0.5, 0.6) is 0 Å². The Morgan fingerprint density at radius 3 is 2.25 bits per heavy atom. The van der Waals surface area contributed by atoms with Crippen LogP contribution in [0.1, 0.15) is 39.4 Å². The van der Waals surface area contributed by atoms with Gasteiger partial charge in [0.25, 0.3) is 0 Å². The minimum atomic E-state index is -0.405. The Balaban J connectivity index is 2.83. The number of hydrogen-bond acceptors (Lipinski definition) is 2. The minimum Gasteiger partial charge on any atom is -0.389 e. The van der Waals surface area contributed by atoms with E-state index < -0.39 is 6.10 Å². The number of thioether (sulfide) groups is 1. The molecule has 3 heteroatoms. The largest absolute Gasteiger partial charge is 0.389 e. The van der Waals surface area contributed by atoms with Crippen LogP contribution < -0.4 is 0 Å². The molecule has 0 amide bonds. The van der Waals surface area contributed by atoms with Crippen LogP contribution in [0.25, 0.3) is 0 Å². The third-order valence-corrected chi connectivity index (χ3v) is 5.13. The molecule has 0 saturated heterocycles. The maximum absolute atomic E-state index is 9.48. The van der Waals surface area contributed by atoms with E-state index in [1.165, 1.54) is 4.90 Å². The first kappa shape index (κ1) is 14.1. The molecule has 90 valence electrons. The number of hydrogen-bond donors (Lipinski definition) is 1. The molecule has 1 aromatic rings. The normalized spacial score (nSPS) is 15.2. The predicted octanol–water partition coefficient (Wildman–Crippen LogP) is 4.64. The van der Waals surface area contributed by atoms with Gasteiger partial charge in [-0.1, -0.05) is 26.8 Å². The monoisotopic (exact) mass is 302 g/mol. The van der Waals surface area contributed by atoms with E-state index in [2.05, 4.69) is 42.8 Å². The average molecular weight is 303 g/mol. The van der Waals surface area contributed by atoms with Crippen molar-refractivity contribution in [1.82, 2.24) is 0 Å². The Morgan fingerprint density at radius 1 is 1.19 bits per heavy atom. The molecule has 0 aliphatic heterocycles. The van der Waals surface area contributed by atoms with Crippen LogP contribution >= 0.6 is 27.7 Å². The lowest BCUT2D eigenvalue weighted by Crippen LogP contribution is -2.05. The molecule has 2 atom stereocenters. The predicted molar refractivity (Wildman–Crippen MR) is 74.9 cm³/mol. The summed E-state index contributed by atoms with van der Waals surface area (Å²) < 4.78 is 1.07. The van der Waals surface area contributed by atoms with E-state index in [0.29, 0.717) is 11.2 Å². The van der Waals surface area contributed by atoms with Gasteiger partial charge in [-0.25, -0.2) is 0 Å². The van der Waals surface area contributed by atoms with Gasteiger partial charge in [-0.2, -0.15) is 0 Å². The zero-order valence-electron chi connectivity index (χ0n) is 10.2. The summed E-state index contributed by atoms with van der Waals surface area (Å²) in [4.78, 5) is 1.24. The van der Waals surface area contributed by atoms with Crippen LogP contribution in [0.3, 0.4) is 0 Å². The Labute approximate surface area is 111 Å². The molecular weight excluding hydrogens is 284 g/mol. The van der Waals surface area contributed by atoms with E-state index in [1.807, 2.05) is 23.9 Å². The highest BCUT2D eigenvalue weighted by Crippen LogP contribution is 2.34. The molecule has 0 bridgehead atoms. The molecule has 1 aromatic carbocycles. The summed E-state index contributed by atoms with van der Waals surface area (Å²) >= 11 is 5.43. The summed E-state index contributed by atoms with van der Waals surface area (Å²) in [5, 5.41) is 10.1. The minimum absolute atomic E-state index is 0.405. The standard InChI is InChI=1S/C13H19BrOS/c1-8(2)10(4)16-13-6-5-11(9(3)15)7-12(13)14/h5-10,15H,1-4H3/t9-,10?/m1/s1. The van der Waals surface area contributed by atoms with Crippen LogP contribution in [-0.2, 0) is 0 Å². The van der Waals surface area contributed by atoms with Crippen LogP contribution in [0.15, 0.2) is 27.6 Å². The molecule has 0 spiro atoms. The first-order chi connectivity index (χ1) is 7.41. The van der Waals surface area contributed by atoms with Gasteiger partial charge in [0.15, 0.2) is 0 Å². The number of halogens is 1. The van der Waals surface area contributed by atoms with Gasteiger partial charge in [0.1, 0.15) is 0 Å². The van der Waals surface area contributed by atoms with Gasteiger partial charge in [0, 0.05) is 14.6 Å². The highest BCUT2D eigenvalue weighted by atomic mass is 79.9.